The first-order valence-corrected chi connectivity index (χ1v) is 16.2. The third-order valence-electron chi connectivity index (χ3n) is 10.7. The van der Waals surface area contributed by atoms with Crippen molar-refractivity contribution in [2.45, 2.75) is 63.2 Å². The number of anilines is 1. The number of aromatic nitrogens is 2. The SMILES string of the molecule is COC(=O)NC1CCC[C@H]1[C@](Cn1ccnc1C)(c1ccccc1)C1CCN(CC2CN(c3ccc(C(F)(F)F)cc3)C2)CC1. The van der Waals surface area contributed by atoms with Crippen LogP contribution in [0.3, 0.4) is 0 Å². The van der Waals surface area contributed by atoms with Gasteiger partial charge in [-0.15, -0.1) is 0 Å². The highest BCUT2D eigenvalue weighted by Crippen LogP contribution is 2.51. The van der Waals surface area contributed by atoms with E-state index >= 15 is 0 Å². The number of methoxy groups -OCH3 is 1. The Morgan fingerprint density at radius 3 is 2.31 bits per heavy atom. The van der Waals surface area contributed by atoms with Gasteiger partial charge in [0.2, 0.25) is 0 Å². The summed E-state index contributed by atoms with van der Waals surface area (Å²) in [5.74, 6) is 2.15. The fourth-order valence-electron chi connectivity index (χ4n) is 8.40. The van der Waals surface area contributed by atoms with Crippen molar-refractivity contribution in [3.05, 3.63) is 83.9 Å². The fourth-order valence-corrected chi connectivity index (χ4v) is 8.40. The largest absolute Gasteiger partial charge is 0.453 e. The molecule has 6 rings (SSSR count). The van der Waals surface area contributed by atoms with E-state index in [4.69, 9.17) is 4.74 Å². The van der Waals surface area contributed by atoms with Gasteiger partial charge in [0.15, 0.2) is 0 Å². The molecule has 1 saturated carbocycles. The van der Waals surface area contributed by atoms with Crippen LogP contribution in [0.5, 0.6) is 0 Å². The summed E-state index contributed by atoms with van der Waals surface area (Å²) in [5.41, 5.74) is 1.38. The van der Waals surface area contributed by atoms with Crippen molar-refractivity contribution in [2.75, 3.05) is 44.7 Å². The molecule has 0 radical (unpaired) electrons. The molecule has 242 valence electrons. The monoisotopic (exact) mass is 623 g/mol. The number of halogens is 3. The van der Waals surface area contributed by atoms with E-state index in [-0.39, 0.29) is 23.5 Å². The Hall–Kier alpha value is -3.53. The highest BCUT2D eigenvalue weighted by molar-refractivity contribution is 5.67. The van der Waals surface area contributed by atoms with Gasteiger partial charge in [-0.1, -0.05) is 36.8 Å². The van der Waals surface area contributed by atoms with Crippen LogP contribution in [0, 0.1) is 24.7 Å². The van der Waals surface area contributed by atoms with Crippen molar-refractivity contribution >= 4 is 11.8 Å². The van der Waals surface area contributed by atoms with Gasteiger partial charge in [-0.05, 0) is 87.4 Å². The molecule has 45 heavy (non-hydrogen) atoms. The van der Waals surface area contributed by atoms with Crippen molar-refractivity contribution in [1.82, 2.24) is 19.8 Å². The van der Waals surface area contributed by atoms with Gasteiger partial charge < -0.3 is 24.4 Å². The summed E-state index contributed by atoms with van der Waals surface area (Å²) in [6.07, 6.45) is 4.43. The van der Waals surface area contributed by atoms with Crippen molar-refractivity contribution in [3.8, 4) is 0 Å². The second-order valence-electron chi connectivity index (χ2n) is 13.2. The smallest absolute Gasteiger partial charge is 0.416 e. The number of benzene rings is 2. The number of hydrogen-bond donors (Lipinski definition) is 1. The number of carbonyl (C=O) groups excluding carboxylic acids is 1. The lowest BCUT2D eigenvalue weighted by atomic mass is 9.58. The average molecular weight is 624 g/mol. The van der Waals surface area contributed by atoms with Crippen molar-refractivity contribution in [1.29, 1.82) is 0 Å². The molecule has 2 saturated heterocycles. The number of aryl methyl sites for hydroxylation is 1. The molecule has 3 heterocycles. The molecule has 0 bridgehead atoms. The van der Waals surface area contributed by atoms with E-state index in [0.29, 0.717) is 11.8 Å². The Morgan fingerprint density at radius 2 is 1.69 bits per heavy atom. The van der Waals surface area contributed by atoms with Gasteiger partial charge in [-0.2, -0.15) is 13.2 Å². The first-order valence-electron chi connectivity index (χ1n) is 16.2. The second kappa shape index (κ2) is 13.1. The van der Waals surface area contributed by atoms with Gasteiger partial charge in [0, 0.05) is 61.6 Å². The van der Waals surface area contributed by atoms with Crippen LogP contribution in [0.2, 0.25) is 0 Å². The lowest BCUT2D eigenvalue weighted by Crippen LogP contribution is -2.56. The molecule has 1 amide bonds. The number of likely N-dealkylation sites (tertiary alicyclic amines) is 1. The summed E-state index contributed by atoms with van der Waals surface area (Å²) < 4.78 is 46.3. The molecule has 1 unspecified atom stereocenters. The number of amides is 1. The molecule has 1 aliphatic carbocycles. The van der Waals surface area contributed by atoms with Gasteiger partial charge >= 0.3 is 12.3 Å². The number of nitrogens with zero attached hydrogens (tertiary/aromatic N) is 4. The van der Waals surface area contributed by atoms with Gasteiger partial charge in [-0.25, -0.2) is 9.78 Å². The molecular formula is C35H44F3N5O2. The summed E-state index contributed by atoms with van der Waals surface area (Å²) in [6.45, 7) is 7.59. The lowest BCUT2D eigenvalue weighted by Gasteiger charge is -2.51. The zero-order valence-electron chi connectivity index (χ0n) is 26.2. The number of alkyl halides is 3. The van der Waals surface area contributed by atoms with E-state index in [0.717, 1.165) is 82.9 Å². The van der Waals surface area contributed by atoms with Crippen molar-refractivity contribution in [2.24, 2.45) is 17.8 Å². The number of carbonyl (C=O) groups is 1. The van der Waals surface area contributed by atoms with Gasteiger partial charge in [0.05, 0.1) is 12.7 Å². The second-order valence-corrected chi connectivity index (χ2v) is 13.2. The van der Waals surface area contributed by atoms with Crippen molar-refractivity contribution in [3.63, 3.8) is 0 Å². The van der Waals surface area contributed by atoms with Crippen LogP contribution in [0.25, 0.3) is 0 Å². The molecule has 1 N–H and O–H groups in total. The molecule has 10 heteroatoms. The lowest BCUT2D eigenvalue weighted by molar-refractivity contribution is -0.137. The maximum Gasteiger partial charge on any atom is 0.416 e. The Morgan fingerprint density at radius 1 is 0.978 bits per heavy atom. The van der Waals surface area contributed by atoms with Crippen LogP contribution in [-0.4, -0.2) is 66.4 Å². The highest BCUT2D eigenvalue weighted by Gasteiger charge is 2.52. The number of ether oxygens (including phenoxy) is 1. The zero-order chi connectivity index (χ0) is 31.6. The van der Waals surface area contributed by atoms with Crippen LogP contribution in [-0.2, 0) is 22.9 Å². The van der Waals surface area contributed by atoms with Crippen molar-refractivity contribution < 1.29 is 22.7 Å². The topological polar surface area (TPSA) is 62.6 Å². The maximum absolute atomic E-state index is 13.0. The average Bonchev–Trinajstić information content (AvgIpc) is 3.66. The van der Waals surface area contributed by atoms with Crippen LogP contribution >= 0.6 is 0 Å². The van der Waals surface area contributed by atoms with Gasteiger partial charge in [-0.3, -0.25) is 0 Å². The van der Waals surface area contributed by atoms with E-state index in [9.17, 15) is 18.0 Å². The molecule has 7 nitrogen and oxygen atoms in total. The number of piperidine rings is 1. The summed E-state index contributed by atoms with van der Waals surface area (Å²) in [7, 11) is 1.43. The third kappa shape index (κ3) is 6.57. The minimum atomic E-state index is -4.31. The molecule has 3 aromatic rings. The van der Waals surface area contributed by atoms with E-state index in [2.05, 4.69) is 68.1 Å². The minimum Gasteiger partial charge on any atom is -0.453 e. The Balaban J connectivity index is 1.18. The number of imidazole rings is 1. The standard InChI is InChI=1S/C35H44F3N5O2/c1-25-39-17-20-42(25)24-34(27-7-4-3-5-8-27,31-9-6-10-32(31)40-33(44)45-2)28-15-18-41(19-16-28)21-26-22-43(23-26)30-13-11-29(12-14-30)35(36,37)38/h3-5,7-8,11-14,17,20,26,28,31-32H,6,9-10,15-16,18-19,21-24H2,1-2H3,(H,40,44)/t31-,32?,34-/m1/s1. The van der Waals surface area contributed by atoms with Crippen LogP contribution in [0.15, 0.2) is 67.0 Å². The van der Waals surface area contributed by atoms with Crippen LogP contribution < -0.4 is 10.2 Å². The molecule has 3 aliphatic rings. The number of rotatable bonds is 9. The Kier molecular flexibility index (Phi) is 9.13. The normalized spacial score (nSPS) is 23.0. The first-order chi connectivity index (χ1) is 21.7. The highest BCUT2D eigenvalue weighted by atomic mass is 19.4. The van der Waals surface area contributed by atoms with E-state index < -0.39 is 11.7 Å². The summed E-state index contributed by atoms with van der Waals surface area (Å²) in [5, 5.41) is 3.21. The molecule has 2 aromatic carbocycles. The zero-order valence-corrected chi connectivity index (χ0v) is 26.2. The number of nitrogens with one attached hydrogen (secondary N) is 1. The maximum atomic E-state index is 13.0. The molecule has 1 aromatic heterocycles. The molecular weight excluding hydrogens is 579 g/mol. The Bertz CT molecular complexity index is 1420. The van der Waals surface area contributed by atoms with E-state index in [1.54, 1.807) is 12.1 Å². The van der Waals surface area contributed by atoms with Crippen LogP contribution in [0.4, 0.5) is 23.7 Å². The first kappa shape index (κ1) is 31.5. The predicted molar refractivity (Wildman–Crippen MR) is 168 cm³/mol. The summed E-state index contributed by atoms with van der Waals surface area (Å²) in [4.78, 5) is 21.8. The number of alkyl carbamates (subject to hydrolysis) is 1. The number of hydrogen-bond acceptors (Lipinski definition) is 5. The molecule has 3 fully saturated rings. The van der Waals surface area contributed by atoms with E-state index in [1.807, 2.05) is 6.20 Å². The Labute approximate surface area is 263 Å². The summed E-state index contributed by atoms with van der Waals surface area (Å²) >= 11 is 0. The molecule has 3 atom stereocenters. The van der Waals surface area contributed by atoms with Crippen LogP contribution in [0.1, 0.15) is 49.1 Å². The third-order valence-corrected chi connectivity index (χ3v) is 10.7. The fraction of sp³-hybridized carbons (Fsp3) is 0.543. The summed E-state index contributed by atoms with van der Waals surface area (Å²) in [6, 6.07) is 16.4. The molecule has 0 spiro atoms. The quantitative estimate of drug-likeness (QED) is 0.294. The minimum absolute atomic E-state index is 0.0330. The predicted octanol–water partition coefficient (Wildman–Crippen LogP) is 6.52. The molecule has 2 aliphatic heterocycles. The van der Waals surface area contributed by atoms with Gasteiger partial charge in [0.25, 0.3) is 0 Å². The van der Waals surface area contributed by atoms with E-state index in [1.165, 1.54) is 24.8 Å². The van der Waals surface area contributed by atoms with Gasteiger partial charge in [0.1, 0.15) is 5.82 Å².